The van der Waals surface area contributed by atoms with Crippen molar-refractivity contribution < 1.29 is 4.79 Å². The Morgan fingerprint density at radius 3 is 2.81 bits per heavy atom. The molecule has 3 rings (SSSR count). The number of nitrogens with one attached hydrogen (secondary N) is 2. The molecule has 5 heteroatoms. The number of H-pyrrole nitrogens is 1. The molecule has 4 nitrogen and oxygen atoms in total. The van der Waals surface area contributed by atoms with Gasteiger partial charge in [0.25, 0.3) is 5.91 Å². The van der Waals surface area contributed by atoms with E-state index in [0.29, 0.717) is 22.0 Å². The lowest BCUT2D eigenvalue weighted by Gasteiger charge is -2.06. The second-order valence-corrected chi connectivity index (χ2v) is 5.33. The molecule has 0 atom stereocenters. The van der Waals surface area contributed by atoms with Gasteiger partial charge in [0, 0.05) is 33.5 Å². The van der Waals surface area contributed by atoms with Gasteiger partial charge in [-0.2, -0.15) is 0 Å². The molecule has 0 spiro atoms. The summed E-state index contributed by atoms with van der Waals surface area (Å²) in [6, 6.07) is 10.8. The van der Waals surface area contributed by atoms with Crippen LogP contribution in [-0.2, 0) is 0 Å². The summed E-state index contributed by atoms with van der Waals surface area (Å²) in [6.45, 7) is 1.91. The summed E-state index contributed by atoms with van der Waals surface area (Å²) < 4.78 is 0. The van der Waals surface area contributed by atoms with Gasteiger partial charge in [-0.15, -0.1) is 0 Å². The number of carbonyl (C=O) groups is 1. The van der Waals surface area contributed by atoms with Gasteiger partial charge in [-0.25, -0.2) is 0 Å². The number of rotatable bonds is 2. The average Bonchev–Trinajstić information content (AvgIpc) is 2.86. The van der Waals surface area contributed by atoms with Crippen molar-refractivity contribution in [1.29, 1.82) is 0 Å². The predicted octanol–water partition coefficient (Wildman–Crippen LogP) is 3.96. The maximum atomic E-state index is 12.4. The second-order valence-electron chi connectivity index (χ2n) is 4.93. The lowest BCUT2D eigenvalue weighted by Crippen LogP contribution is -2.11. The van der Waals surface area contributed by atoms with Gasteiger partial charge in [-0.3, -0.25) is 4.79 Å². The zero-order chi connectivity index (χ0) is 15.0. The number of anilines is 2. The molecule has 21 heavy (non-hydrogen) atoms. The van der Waals surface area contributed by atoms with Crippen LogP contribution < -0.4 is 11.1 Å². The number of hydrogen-bond acceptors (Lipinski definition) is 2. The van der Waals surface area contributed by atoms with Gasteiger partial charge in [0.1, 0.15) is 0 Å². The molecular formula is C16H14ClN3O. The Kier molecular flexibility index (Phi) is 3.31. The lowest BCUT2D eigenvalue weighted by atomic mass is 10.1. The number of carbonyl (C=O) groups excluding carboxylic acids is 1. The number of benzene rings is 2. The first kappa shape index (κ1) is 13.5. The van der Waals surface area contributed by atoms with E-state index in [1.54, 1.807) is 24.4 Å². The molecule has 0 radical (unpaired) electrons. The Hall–Kier alpha value is -2.46. The van der Waals surface area contributed by atoms with E-state index >= 15 is 0 Å². The fourth-order valence-corrected chi connectivity index (χ4v) is 2.38. The maximum Gasteiger partial charge on any atom is 0.257 e. The van der Waals surface area contributed by atoms with E-state index in [1.165, 1.54) is 0 Å². The summed E-state index contributed by atoms with van der Waals surface area (Å²) in [5.41, 5.74) is 9.45. The van der Waals surface area contributed by atoms with Gasteiger partial charge in [-0.05, 0) is 42.8 Å². The molecule has 1 amide bonds. The topological polar surface area (TPSA) is 70.9 Å². The van der Waals surface area contributed by atoms with Crippen LogP contribution in [0.2, 0.25) is 5.02 Å². The van der Waals surface area contributed by atoms with E-state index in [-0.39, 0.29) is 5.91 Å². The van der Waals surface area contributed by atoms with Crippen molar-refractivity contribution in [3.63, 3.8) is 0 Å². The maximum absolute atomic E-state index is 12.4. The number of nitrogen functional groups attached to an aromatic ring is 1. The third-order valence-electron chi connectivity index (χ3n) is 3.38. The highest BCUT2D eigenvalue weighted by Crippen LogP contribution is 2.24. The molecule has 3 aromatic rings. The van der Waals surface area contributed by atoms with E-state index < -0.39 is 0 Å². The second kappa shape index (κ2) is 5.14. The first-order chi connectivity index (χ1) is 10.0. The first-order valence-electron chi connectivity index (χ1n) is 6.49. The van der Waals surface area contributed by atoms with Gasteiger partial charge in [0.05, 0.1) is 5.56 Å². The highest BCUT2D eigenvalue weighted by molar-refractivity contribution is 6.31. The Labute approximate surface area is 126 Å². The molecule has 0 saturated heterocycles. The Morgan fingerprint density at radius 1 is 1.24 bits per heavy atom. The lowest BCUT2D eigenvalue weighted by molar-refractivity contribution is 0.102. The number of aryl methyl sites for hydroxylation is 1. The number of aromatic nitrogens is 1. The molecule has 1 heterocycles. The molecule has 106 valence electrons. The van der Waals surface area contributed by atoms with Crippen LogP contribution in [0.25, 0.3) is 10.9 Å². The average molecular weight is 300 g/mol. The fraction of sp³-hybridized carbons (Fsp3) is 0.0625. The smallest absolute Gasteiger partial charge is 0.257 e. The van der Waals surface area contributed by atoms with E-state index in [9.17, 15) is 4.79 Å². The molecule has 4 N–H and O–H groups in total. The van der Waals surface area contributed by atoms with Crippen LogP contribution in [0.3, 0.4) is 0 Å². The van der Waals surface area contributed by atoms with Gasteiger partial charge in [0.15, 0.2) is 0 Å². The number of nitrogens with two attached hydrogens (primary N) is 1. The molecule has 0 saturated carbocycles. The zero-order valence-corrected chi connectivity index (χ0v) is 12.2. The minimum absolute atomic E-state index is 0.202. The van der Waals surface area contributed by atoms with Crippen molar-refractivity contribution in [2.75, 3.05) is 11.1 Å². The highest BCUT2D eigenvalue weighted by atomic mass is 35.5. The van der Waals surface area contributed by atoms with Crippen molar-refractivity contribution in [3.05, 3.63) is 58.7 Å². The first-order valence-corrected chi connectivity index (χ1v) is 6.86. The van der Waals surface area contributed by atoms with E-state index in [0.717, 1.165) is 16.5 Å². The van der Waals surface area contributed by atoms with Crippen molar-refractivity contribution in [1.82, 2.24) is 4.98 Å². The van der Waals surface area contributed by atoms with Crippen LogP contribution >= 0.6 is 11.6 Å². The van der Waals surface area contributed by atoms with Crippen LogP contribution in [-0.4, -0.2) is 10.9 Å². The molecule has 2 aromatic carbocycles. The van der Waals surface area contributed by atoms with Crippen molar-refractivity contribution in [2.45, 2.75) is 6.92 Å². The standard InChI is InChI=1S/C16H14ClN3O/c1-9-2-4-11(7-14(9)17)20-16(21)13-8-19-15-5-3-10(18)6-12(13)15/h2-8,19H,18H2,1H3,(H,20,21). The van der Waals surface area contributed by atoms with Crippen LogP contribution in [0.1, 0.15) is 15.9 Å². The third-order valence-corrected chi connectivity index (χ3v) is 3.79. The molecule has 0 aliphatic heterocycles. The number of amides is 1. The van der Waals surface area contributed by atoms with Crippen LogP contribution in [0, 0.1) is 6.92 Å². The summed E-state index contributed by atoms with van der Waals surface area (Å²) in [5, 5.41) is 4.26. The van der Waals surface area contributed by atoms with Gasteiger partial charge in [0.2, 0.25) is 0 Å². The predicted molar refractivity (Wildman–Crippen MR) is 86.9 cm³/mol. The molecule has 0 aliphatic rings. The quantitative estimate of drug-likeness (QED) is 0.627. The normalized spacial score (nSPS) is 10.8. The minimum atomic E-state index is -0.202. The van der Waals surface area contributed by atoms with E-state index in [2.05, 4.69) is 10.3 Å². The fourth-order valence-electron chi connectivity index (χ4n) is 2.20. The van der Waals surface area contributed by atoms with Gasteiger partial charge in [-0.1, -0.05) is 17.7 Å². The SMILES string of the molecule is Cc1ccc(NC(=O)c2c[nH]c3ccc(N)cc23)cc1Cl. The van der Waals surface area contributed by atoms with Crippen LogP contribution in [0.15, 0.2) is 42.6 Å². The molecule has 0 fully saturated rings. The third kappa shape index (κ3) is 2.58. The molecule has 0 aliphatic carbocycles. The minimum Gasteiger partial charge on any atom is -0.399 e. The number of fused-ring (bicyclic) bond motifs is 1. The van der Waals surface area contributed by atoms with Gasteiger partial charge < -0.3 is 16.0 Å². The Bertz CT molecular complexity index is 839. The highest BCUT2D eigenvalue weighted by Gasteiger charge is 2.12. The summed E-state index contributed by atoms with van der Waals surface area (Å²) >= 11 is 6.06. The van der Waals surface area contributed by atoms with Crippen molar-refractivity contribution >= 4 is 39.8 Å². The summed E-state index contributed by atoms with van der Waals surface area (Å²) in [6.07, 6.45) is 1.68. The molecule has 0 bridgehead atoms. The molecular weight excluding hydrogens is 286 g/mol. The number of aromatic amines is 1. The molecule has 0 unspecified atom stereocenters. The number of halogens is 1. The largest absolute Gasteiger partial charge is 0.399 e. The number of hydrogen-bond donors (Lipinski definition) is 3. The zero-order valence-electron chi connectivity index (χ0n) is 11.4. The monoisotopic (exact) mass is 299 g/mol. The Morgan fingerprint density at radius 2 is 2.05 bits per heavy atom. The Balaban J connectivity index is 1.93. The van der Waals surface area contributed by atoms with Crippen LogP contribution in [0.4, 0.5) is 11.4 Å². The summed E-state index contributed by atoms with van der Waals surface area (Å²) in [5.74, 6) is -0.202. The van der Waals surface area contributed by atoms with Crippen molar-refractivity contribution in [2.24, 2.45) is 0 Å². The van der Waals surface area contributed by atoms with Crippen molar-refractivity contribution in [3.8, 4) is 0 Å². The molecule has 1 aromatic heterocycles. The van der Waals surface area contributed by atoms with Gasteiger partial charge >= 0.3 is 0 Å². The van der Waals surface area contributed by atoms with Crippen LogP contribution in [0.5, 0.6) is 0 Å². The van der Waals surface area contributed by atoms with E-state index in [4.69, 9.17) is 17.3 Å². The summed E-state index contributed by atoms with van der Waals surface area (Å²) in [4.78, 5) is 15.4. The van der Waals surface area contributed by atoms with E-state index in [1.807, 2.05) is 25.1 Å². The summed E-state index contributed by atoms with van der Waals surface area (Å²) in [7, 11) is 0.